The Morgan fingerprint density at radius 3 is 2.76 bits per heavy atom. The van der Waals surface area contributed by atoms with Gasteiger partial charge in [-0.05, 0) is 36.3 Å². The normalized spacial score (nSPS) is 11.0. The Bertz CT molecular complexity index is 1260. The molecule has 6 nitrogen and oxygen atoms in total. The zero-order valence-corrected chi connectivity index (χ0v) is 20.8. The Labute approximate surface area is 211 Å². The molecule has 4 aromatic rings. The van der Waals surface area contributed by atoms with Crippen molar-refractivity contribution in [3.8, 4) is 5.75 Å². The monoisotopic (exact) mass is 522 g/mol. The first-order chi connectivity index (χ1) is 15.6. The molecule has 4 rings (SSSR count). The van der Waals surface area contributed by atoms with E-state index in [-0.39, 0.29) is 18.3 Å². The van der Waals surface area contributed by atoms with Crippen LogP contribution in [0.3, 0.4) is 0 Å². The summed E-state index contributed by atoms with van der Waals surface area (Å²) < 4.78 is 8.18. The maximum Gasteiger partial charge on any atom is 0.252 e. The Hall–Kier alpha value is -2.58. The summed E-state index contributed by atoms with van der Waals surface area (Å²) in [6, 6.07) is 10.9. The number of halogens is 3. The number of benzene rings is 2. The molecule has 0 saturated carbocycles. The Morgan fingerprint density at radius 2 is 2.03 bits per heavy atom. The van der Waals surface area contributed by atoms with Crippen LogP contribution in [0.1, 0.15) is 12.0 Å². The Morgan fingerprint density at radius 1 is 1.21 bits per heavy atom. The van der Waals surface area contributed by atoms with Crippen LogP contribution < -0.4 is 9.64 Å². The summed E-state index contributed by atoms with van der Waals surface area (Å²) >= 11 is 14.0. The molecule has 0 atom stereocenters. The van der Waals surface area contributed by atoms with E-state index >= 15 is 0 Å². The predicted octanol–water partition coefficient (Wildman–Crippen LogP) is 6.37. The molecule has 33 heavy (non-hydrogen) atoms. The van der Waals surface area contributed by atoms with Gasteiger partial charge in [-0.15, -0.1) is 12.4 Å². The lowest BCUT2D eigenvalue weighted by Crippen LogP contribution is -2.30. The molecule has 0 spiro atoms. The summed E-state index contributed by atoms with van der Waals surface area (Å²) in [6.45, 7) is 1.20. The summed E-state index contributed by atoms with van der Waals surface area (Å²) in [4.78, 5) is 23.6. The van der Waals surface area contributed by atoms with Crippen LogP contribution in [0, 0.1) is 0 Å². The van der Waals surface area contributed by atoms with Crippen molar-refractivity contribution in [3.05, 3.63) is 76.8 Å². The number of rotatable bonds is 8. The van der Waals surface area contributed by atoms with Crippen molar-refractivity contribution in [2.45, 2.75) is 13.0 Å². The third kappa shape index (κ3) is 5.86. The van der Waals surface area contributed by atoms with Gasteiger partial charge < -0.3 is 9.30 Å². The molecule has 0 aliphatic heterocycles. The maximum absolute atomic E-state index is 13.2. The second kappa shape index (κ2) is 11.5. The van der Waals surface area contributed by atoms with Crippen molar-refractivity contribution in [3.63, 3.8) is 0 Å². The molecule has 2 aromatic heterocycles. The van der Waals surface area contributed by atoms with Gasteiger partial charge in [0.2, 0.25) is 0 Å². The molecule has 0 radical (unpaired) electrons. The number of nitrogens with zero attached hydrogens (tertiary/aromatic N) is 4. The molecule has 0 bridgehead atoms. The lowest BCUT2D eigenvalue weighted by Gasteiger charge is -2.18. The predicted molar refractivity (Wildman–Crippen MR) is 138 cm³/mol. The number of hydrogen-bond donors (Lipinski definition) is 0. The lowest BCUT2D eigenvalue weighted by molar-refractivity contribution is -0.114. The Kier molecular flexibility index (Phi) is 8.74. The van der Waals surface area contributed by atoms with Gasteiger partial charge in [-0.25, -0.2) is 9.97 Å². The van der Waals surface area contributed by atoms with Crippen LogP contribution in [0.4, 0.5) is 5.13 Å². The average molecular weight is 524 g/mol. The standard InChI is InChI=1S/C23H20Cl2N4O2S.ClH/c1-31-19-9-8-18(25)22-21(19)27-23(32-22)29(13-4-12-28-14-11-26-15-28)20(30)10-7-16-5-2-3-6-17(16)24;/h2-3,5-11,14-15H,4,12-13H2,1H3;1H/b10-7+;. The summed E-state index contributed by atoms with van der Waals surface area (Å²) in [5.41, 5.74) is 1.41. The number of hydrogen-bond acceptors (Lipinski definition) is 5. The summed E-state index contributed by atoms with van der Waals surface area (Å²) in [5.74, 6) is 0.425. The SMILES string of the molecule is COc1ccc(Cl)c2sc(N(CCCn3ccnc3)C(=O)/C=C/c3ccccc3Cl)nc12.Cl. The van der Waals surface area contributed by atoms with Crippen molar-refractivity contribution in [2.24, 2.45) is 0 Å². The van der Waals surface area contributed by atoms with Gasteiger partial charge in [-0.2, -0.15) is 0 Å². The molecule has 0 aliphatic rings. The number of imidazole rings is 1. The minimum absolute atomic E-state index is 0. The van der Waals surface area contributed by atoms with Gasteiger partial charge >= 0.3 is 0 Å². The third-order valence-corrected chi connectivity index (χ3v) is 6.71. The average Bonchev–Trinajstić information content (AvgIpc) is 3.47. The van der Waals surface area contributed by atoms with Crippen LogP contribution in [-0.2, 0) is 11.3 Å². The van der Waals surface area contributed by atoms with E-state index in [1.807, 2.05) is 29.0 Å². The number of anilines is 1. The molecule has 0 aliphatic carbocycles. The second-order valence-corrected chi connectivity index (χ2v) is 8.71. The summed E-state index contributed by atoms with van der Waals surface area (Å²) in [7, 11) is 1.59. The first kappa shape index (κ1) is 25.1. The zero-order chi connectivity index (χ0) is 22.5. The van der Waals surface area contributed by atoms with Gasteiger partial charge in [-0.3, -0.25) is 9.69 Å². The number of carbonyl (C=O) groups excluding carboxylic acids is 1. The largest absolute Gasteiger partial charge is 0.494 e. The number of aryl methyl sites for hydroxylation is 1. The van der Waals surface area contributed by atoms with E-state index in [0.29, 0.717) is 33.0 Å². The molecule has 2 aromatic carbocycles. The topological polar surface area (TPSA) is 60.2 Å². The minimum Gasteiger partial charge on any atom is -0.494 e. The van der Waals surface area contributed by atoms with Crippen LogP contribution in [-0.4, -0.2) is 34.1 Å². The second-order valence-electron chi connectivity index (χ2n) is 6.92. The number of ether oxygens (including phenoxy) is 1. The molecule has 10 heteroatoms. The molecule has 2 heterocycles. The molecule has 1 amide bonds. The fraction of sp³-hybridized carbons (Fsp3) is 0.174. The number of amides is 1. The van der Waals surface area contributed by atoms with Gasteiger partial charge in [0.25, 0.3) is 5.91 Å². The van der Waals surface area contributed by atoms with Crippen LogP contribution in [0.2, 0.25) is 10.0 Å². The fourth-order valence-corrected chi connectivity index (χ4v) is 4.70. The number of aromatic nitrogens is 3. The van der Waals surface area contributed by atoms with Gasteiger partial charge in [-0.1, -0.05) is 52.7 Å². The first-order valence-corrected chi connectivity index (χ1v) is 11.5. The summed E-state index contributed by atoms with van der Waals surface area (Å²) in [6.07, 6.45) is 9.34. The van der Waals surface area contributed by atoms with Crippen molar-refractivity contribution < 1.29 is 9.53 Å². The van der Waals surface area contributed by atoms with Crippen LogP contribution in [0.5, 0.6) is 5.75 Å². The molecule has 0 N–H and O–H groups in total. The minimum atomic E-state index is -0.190. The van der Waals surface area contributed by atoms with Crippen molar-refractivity contribution >= 4 is 74.3 Å². The quantitative estimate of drug-likeness (QED) is 0.252. The first-order valence-electron chi connectivity index (χ1n) is 9.89. The molecule has 0 unspecified atom stereocenters. The zero-order valence-electron chi connectivity index (χ0n) is 17.6. The molecular formula is C23H21Cl3N4O2S. The fourth-order valence-electron chi connectivity index (χ4n) is 3.21. The highest BCUT2D eigenvalue weighted by atomic mass is 35.5. The number of fused-ring (bicyclic) bond motifs is 1. The van der Waals surface area contributed by atoms with Crippen molar-refractivity contribution in [1.29, 1.82) is 0 Å². The van der Waals surface area contributed by atoms with Gasteiger partial charge in [0.15, 0.2) is 5.13 Å². The third-order valence-electron chi connectivity index (χ3n) is 4.83. The van der Waals surface area contributed by atoms with Gasteiger partial charge in [0.05, 0.1) is 23.2 Å². The Balaban J connectivity index is 0.00000306. The van der Waals surface area contributed by atoms with E-state index in [2.05, 4.69) is 9.97 Å². The molecule has 172 valence electrons. The van der Waals surface area contributed by atoms with E-state index in [1.54, 1.807) is 48.8 Å². The van der Waals surface area contributed by atoms with Gasteiger partial charge in [0.1, 0.15) is 11.3 Å². The number of carbonyl (C=O) groups is 1. The van der Waals surface area contributed by atoms with E-state index < -0.39 is 0 Å². The number of methoxy groups -OCH3 is 1. The van der Waals surface area contributed by atoms with Crippen molar-refractivity contribution in [2.75, 3.05) is 18.6 Å². The maximum atomic E-state index is 13.2. The summed E-state index contributed by atoms with van der Waals surface area (Å²) in [5, 5.41) is 1.72. The van der Waals surface area contributed by atoms with E-state index in [4.69, 9.17) is 27.9 Å². The van der Waals surface area contributed by atoms with E-state index in [1.165, 1.54) is 17.4 Å². The van der Waals surface area contributed by atoms with E-state index in [0.717, 1.165) is 23.2 Å². The van der Waals surface area contributed by atoms with Crippen molar-refractivity contribution in [1.82, 2.24) is 14.5 Å². The van der Waals surface area contributed by atoms with Crippen LogP contribution in [0.15, 0.2) is 61.2 Å². The van der Waals surface area contributed by atoms with E-state index in [9.17, 15) is 4.79 Å². The molecule has 0 fully saturated rings. The molecular weight excluding hydrogens is 503 g/mol. The molecule has 0 saturated heterocycles. The lowest BCUT2D eigenvalue weighted by atomic mass is 10.2. The number of thiazole rings is 1. The highest BCUT2D eigenvalue weighted by Crippen LogP contribution is 2.38. The van der Waals surface area contributed by atoms with Crippen LogP contribution >= 0.6 is 46.9 Å². The van der Waals surface area contributed by atoms with Gasteiger partial charge in [0, 0.05) is 36.6 Å². The highest BCUT2D eigenvalue weighted by molar-refractivity contribution is 7.23. The van der Waals surface area contributed by atoms with Crippen LogP contribution in [0.25, 0.3) is 16.3 Å². The smallest absolute Gasteiger partial charge is 0.252 e. The highest BCUT2D eigenvalue weighted by Gasteiger charge is 2.20.